The lowest BCUT2D eigenvalue weighted by molar-refractivity contribution is -0.132. The number of aliphatic hydroxyl groups is 2. The van der Waals surface area contributed by atoms with Gasteiger partial charge >= 0.3 is 10.4 Å². The maximum Gasteiger partial charge on any atom is 0.397 e. The highest BCUT2D eigenvalue weighted by atomic mass is 32.3. The van der Waals surface area contributed by atoms with Gasteiger partial charge in [0.05, 0.1) is 18.8 Å². The van der Waals surface area contributed by atoms with Gasteiger partial charge in [0.2, 0.25) is 5.91 Å². The predicted molar refractivity (Wildman–Crippen MR) is 181 cm³/mol. The highest BCUT2D eigenvalue weighted by Crippen LogP contribution is 2.33. The minimum Gasteiger partial charge on any atom is -0.490 e. The Hall–Kier alpha value is -3.16. The van der Waals surface area contributed by atoms with Crippen molar-refractivity contribution in [1.29, 1.82) is 0 Å². The minimum atomic E-state index is -4.69. The number of hydrogen-bond acceptors (Lipinski definition) is 9. The second-order valence-corrected chi connectivity index (χ2v) is 13.8. The van der Waals surface area contributed by atoms with E-state index in [1.54, 1.807) is 36.1 Å². The molecule has 2 aromatic rings. The summed E-state index contributed by atoms with van der Waals surface area (Å²) in [6.07, 6.45) is 3.77. The number of rotatable bonds is 21. The quantitative estimate of drug-likeness (QED) is 0.0923. The van der Waals surface area contributed by atoms with Crippen LogP contribution in [0.15, 0.2) is 54.6 Å². The summed E-state index contributed by atoms with van der Waals surface area (Å²) in [4.78, 5) is 39.9. The van der Waals surface area contributed by atoms with Gasteiger partial charge in [-0.1, -0.05) is 75.6 Å². The number of hydrogen-bond donors (Lipinski definition) is 3. The van der Waals surface area contributed by atoms with Crippen molar-refractivity contribution in [3.05, 3.63) is 65.7 Å². The molecular weight excluding hydrogens is 638 g/mol. The van der Waals surface area contributed by atoms with Crippen molar-refractivity contribution >= 4 is 27.9 Å². The second kappa shape index (κ2) is 19.7. The Labute approximate surface area is 284 Å². The Bertz CT molecular complexity index is 1400. The molecule has 3 rings (SSSR count). The Balaban J connectivity index is 1.45. The van der Waals surface area contributed by atoms with E-state index in [0.717, 1.165) is 49.7 Å². The number of nitrogens with zero attached hydrogens (tertiary/aromatic N) is 1. The summed E-state index contributed by atoms with van der Waals surface area (Å²) in [7, 11) is -4.69. The van der Waals surface area contributed by atoms with Crippen LogP contribution in [0.1, 0.15) is 94.0 Å². The maximum absolute atomic E-state index is 12.9. The van der Waals surface area contributed by atoms with Crippen LogP contribution in [0.2, 0.25) is 0 Å². The number of Topliss-reactive ketones (excluding diaryl/α,β-unsaturated/α-hetero) is 2. The first-order valence-electron chi connectivity index (χ1n) is 17.0. The Morgan fingerprint density at radius 2 is 1.54 bits per heavy atom. The number of carbonyl (C=O) groups is 3. The molecule has 2 aromatic carbocycles. The van der Waals surface area contributed by atoms with Crippen LogP contribution in [0.4, 0.5) is 0 Å². The van der Waals surface area contributed by atoms with Crippen molar-refractivity contribution in [1.82, 2.24) is 4.90 Å². The average molecular weight is 690 g/mol. The summed E-state index contributed by atoms with van der Waals surface area (Å²) < 4.78 is 41.3. The van der Waals surface area contributed by atoms with E-state index >= 15 is 0 Å². The molecule has 0 aliphatic heterocycles. The number of unbranched alkanes of at least 4 members (excludes halogenated alkanes) is 4. The summed E-state index contributed by atoms with van der Waals surface area (Å²) in [6.45, 7) is 4.21. The lowest BCUT2D eigenvalue weighted by Crippen LogP contribution is -2.52. The highest BCUT2D eigenvalue weighted by molar-refractivity contribution is 7.80. The summed E-state index contributed by atoms with van der Waals surface area (Å²) in [6, 6.07) is 16.3. The van der Waals surface area contributed by atoms with E-state index in [-0.39, 0.29) is 36.7 Å². The van der Waals surface area contributed by atoms with Gasteiger partial charge in [0.1, 0.15) is 17.6 Å². The third kappa shape index (κ3) is 13.4. The van der Waals surface area contributed by atoms with Gasteiger partial charge in [0.25, 0.3) is 0 Å². The predicted octanol–water partition coefficient (Wildman–Crippen LogP) is 4.99. The fourth-order valence-corrected chi connectivity index (χ4v) is 6.30. The number of amides is 1. The van der Waals surface area contributed by atoms with E-state index in [9.17, 15) is 33.0 Å². The molecule has 1 fully saturated rings. The van der Waals surface area contributed by atoms with Gasteiger partial charge in [-0.05, 0) is 43.4 Å². The lowest BCUT2D eigenvalue weighted by atomic mass is 9.76. The minimum absolute atomic E-state index is 0.0103. The summed E-state index contributed by atoms with van der Waals surface area (Å²) in [5.74, 6) is -0.535. The van der Waals surface area contributed by atoms with Gasteiger partial charge in [-0.3, -0.25) is 18.9 Å². The first-order chi connectivity index (χ1) is 22.9. The van der Waals surface area contributed by atoms with Crippen molar-refractivity contribution in [2.24, 2.45) is 11.8 Å². The van der Waals surface area contributed by atoms with Crippen molar-refractivity contribution < 1.29 is 46.5 Å². The molecule has 0 radical (unpaired) electrons. The molecule has 1 saturated carbocycles. The first kappa shape index (κ1) is 39.3. The number of ether oxygens (including phenoxy) is 1. The van der Waals surface area contributed by atoms with Gasteiger partial charge in [-0.2, -0.15) is 8.42 Å². The summed E-state index contributed by atoms with van der Waals surface area (Å²) in [5.41, 5.74) is 1.52. The molecular formula is C36H51NO10S. The van der Waals surface area contributed by atoms with E-state index in [2.05, 4.69) is 4.18 Å². The zero-order valence-corrected chi connectivity index (χ0v) is 28.9. The van der Waals surface area contributed by atoms with Gasteiger partial charge in [-0.15, -0.1) is 0 Å². The third-order valence-electron chi connectivity index (χ3n) is 8.97. The molecule has 1 aliphatic carbocycles. The fourth-order valence-electron chi connectivity index (χ4n) is 5.95. The summed E-state index contributed by atoms with van der Waals surface area (Å²) >= 11 is 0. The molecule has 0 heterocycles. The molecule has 5 unspecified atom stereocenters. The van der Waals surface area contributed by atoms with E-state index < -0.39 is 47.2 Å². The van der Waals surface area contributed by atoms with Crippen LogP contribution in [-0.4, -0.2) is 83.6 Å². The zero-order valence-electron chi connectivity index (χ0n) is 28.0. The van der Waals surface area contributed by atoms with E-state index in [4.69, 9.17) is 9.29 Å². The maximum atomic E-state index is 12.9. The van der Waals surface area contributed by atoms with E-state index in [1.165, 1.54) is 0 Å². The largest absolute Gasteiger partial charge is 0.490 e. The summed E-state index contributed by atoms with van der Waals surface area (Å²) in [5, 5.41) is 20.8. The van der Waals surface area contributed by atoms with Crippen LogP contribution in [0.25, 0.3) is 0 Å². The monoisotopic (exact) mass is 689 g/mol. The first-order valence-corrected chi connectivity index (χ1v) is 18.4. The molecule has 3 N–H and O–H groups in total. The Morgan fingerprint density at radius 3 is 2.21 bits per heavy atom. The van der Waals surface area contributed by atoms with Crippen LogP contribution >= 0.6 is 0 Å². The van der Waals surface area contributed by atoms with Crippen LogP contribution in [-0.2, 0) is 30.6 Å². The van der Waals surface area contributed by atoms with Crippen LogP contribution in [0.3, 0.4) is 0 Å². The second-order valence-electron chi connectivity index (χ2n) is 12.8. The molecule has 5 atom stereocenters. The van der Waals surface area contributed by atoms with E-state index in [1.807, 2.05) is 37.3 Å². The fraction of sp³-hybridized carbons (Fsp3) is 0.583. The Kier molecular flexibility index (Phi) is 16.2. The van der Waals surface area contributed by atoms with Crippen molar-refractivity contribution in [3.63, 3.8) is 0 Å². The number of carbonyl (C=O) groups excluding carboxylic acids is 3. The molecule has 12 heteroatoms. The third-order valence-corrected chi connectivity index (χ3v) is 9.41. The van der Waals surface area contributed by atoms with Crippen molar-refractivity contribution in [2.75, 3.05) is 19.7 Å². The molecule has 0 spiro atoms. The number of ketones is 2. The van der Waals surface area contributed by atoms with Crippen molar-refractivity contribution in [3.8, 4) is 5.75 Å². The van der Waals surface area contributed by atoms with Gasteiger partial charge < -0.3 is 19.8 Å². The molecule has 48 heavy (non-hydrogen) atoms. The zero-order chi connectivity index (χ0) is 35.1. The molecule has 1 aliphatic rings. The normalized spacial score (nSPS) is 21.1. The number of aliphatic hydroxyl groups excluding tert-OH is 2. The Morgan fingerprint density at radius 1 is 0.854 bits per heavy atom. The lowest BCUT2D eigenvalue weighted by Gasteiger charge is -2.41. The highest BCUT2D eigenvalue weighted by Gasteiger charge is 2.43. The standard InChI is InChI=1S/C36H51NO10S/c1-3-4-15-34(40)37(21-11-6-5-10-14-32(39)28-12-8-7-9-13-28)22-20-30(38)23-27-16-18-31(19-17-27)47-33-24-29(25-46-48(43,44)45)36(42)35(41)26(33)2/h7-9,12-13,16-19,26,29,33,35-36,41-42H,3-6,10-11,14-15,20-25H2,1-2H3,(H,43,44,45). The molecule has 0 saturated heterocycles. The molecule has 0 bridgehead atoms. The van der Waals surface area contributed by atoms with Gasteiger partial charge in [0, 0.05) is 56.2 Å². The molecule has 11 nitrogen and oxygen atoms in total. The molecule has 0 aromatic heterocycles. The van der Waals surface area contributed by atoms with Crippen LogP contribution in [0.5, 0.6) is 5.75 Å². The van der Waals surface area contributed by atoms with Gasteiger partial charge in [-0.25, -0.2) is 4.18 Å². The van der Waals surface area contributed by atoms with Gasteiger partial charge in [0.15, 0.2) is 5.78 Å². The van der Waals surface area contributed by atoms with E-state index in [0.29, 0.717) is 31.7 Å². The van der Waals surface area contributed by atoms with Crippen LogP contribution in [0, 0.1) is 11.8 Å². The van der Waals surface area contributed by atoms with Crippen molar-refractivity contribution in [2.45, 2.75) is 103 Å². The molecule has 1 amide bonds. The molecule has 266 valence electrons. The SMILES string of the molecule is CCCCC(=O)N(CCCCCCC(=O)c1ccccc1)CCC(=O)Cc1ccc(OC2CC(COS(=O)(=O)O)C(O)C(O)C2C)cc1. The topological polar surface area (TPSA) is 168 Å². The van der Waals surface area contributed by atoms with Crippen LogP contribution < -0.4 is 4.74 Å². The average Bonchev–Trinajstić information content (AvgIpc) is 3.06. The number of benzene rings is 2. The smallest absolute Gasteiger partial charge is 0.397 e.